The number of nitrogens with zero attached hydrogens (tertiary/aromatic N) is 2. The van der Waals surface area contributed by atoms with Gasteiger partial charge in [0.05, 0.1) is 11.4 Å². The zero-order valence-electron chi connectivity index (χ0n) is 22.3. The summed E-state index contributed by atoms with van der Waals surface area (Å²) in [6, 6.07) is 13.1. The largest absolute Gasteiger partial charge is 0.340 e. The van der Waals surface area contributed by atoms with Crippen LogP contribution in [0.25, 0.3) is 0 Å². The Labute approximate surface area is 162 Å². The average Bonchev–Trinajstić information content (AvgIpc) is 2.68. The van der Waals surface area contributed by atoms with Crippen LogP contribution < -0.4 is 4.90 Å². The van der Waals surface area contributed by atoms with Crippen molar-refractivity contribution >= 4 is 34.7 Å². The summed E-state index contributed by atoms with van der Waals surface area (Å²) in [5, 5.41) is 0.526. The van der Waals surface area contributed by atoms with E-state index in [2.05, 4.69) is 0 Å². The molecular formula is C19H23ClN2S. The van der Waals surface area contributed by atoms with E-state index in [1.807, 2.05) is 35.2 Å². The Morgan fingerprint density at radius 3 is 2.74 bits per heavy atom. The topological polar surface area (TPSA) is 6.48 Å². The molecule has 122 valence electrons. The van der Waals surface area contributed by atoms with E-state index in [4.69, 9.17) is 25.3 Å². The third-order valence-electron chi connectivity index (χ3n) is 3.62. The molecule has 1 aliphatic heterocycles. The highest BCUT2D eigenvalue weighted by atomic mass is 35.5. The van der Waals surface area contributed by atoms with Crippen molar-refractivity contribution < 1.29 is 13.7 Å². The van der Waals surface area contributed by atoms with Gasteiger partial charge in [0.25, 0.3) is 0 Å². The van der Waals surface area contributed by atoms with Gasteiger partial charge < -0.3 is 9.80 Å². The Balaban J connectivity index is 1.92. The SMILES string of the molecule is [2H]C([2H])([2H])C([2H])([2H])N(CCCN1c2ccccc2Sc2ccc(Cl)cc21)C([2H])([2H])C([2H])([2H])[2H]. The fourth-order valence-corrected chi connectivity index (χ4v) is 3.81. The highest BCUT2D eigenvalue weighted by Gasteiger charge is 2.23. The Hall–Kier alpha value is -1.16. The zero-order valence-corrected chi connectivity index (χ0v) is 13.9. The summed E-state index contributed by atoms with van der Waals surface area (Å²) in [4.78, 5) is 4.19. The van der Waals surface area contributed by atoms with Crippen LogP contribution >= 0.6 is 23.4 Å². The minimum atomic E-state index is -3.25. The third-order valence-corrected chi connectivity index (χ3v) is 4.99. The molecule has 0 aromatic heterocycles. The average molecular weight is 357 g/mol. The van der Waals surface area contributed by atoms with Crippen molar-refractivity contribution in [3.63, 3.8) is 0 Å². The van der Waals surface area contributed by atoms with Crippen LogP contribution in [0, 0.1) is 0 Å². The standard InChI is InChI=1S/C19H23ClN2S/c1-3-21(4-2)12-7-13-22-16-8-5-6-9-18(16)23-19-11-10-15(20)14-17(19)22/h5-6,8-11,14H,3-4,7,12-13H2,1-2H3/i1D3,2D3,3D2,4D2. The molecule has 3 rings (SSSR count). The third kappa shape index (κ3) is 3.68. The molecule has 2 aromatic carbocycles. The van der Waals surface area contributed by atoms with Crippen molar-refractivity contribution in [2.24, 2.45) is 0 Å². The van der Waals surface area contributed by atoms with Crippen molar-refractivity contribution in [2.45, 2.75) is 29.9 Å². The molecule has 23 heavy (non-hydrogen) atoms. The van der Waals surface area contributed by atoms with Gasteiger partial charge in [0, 0.05) is 35.1 Å². The molecule has 0 fully saturated rings. The molecule has 4 heteroatoms. The van der Waals surface area contributed by atoms with E-state index >= 15 is 0 Å². The first-order chi connectivity index (χ1) is 15.1. The van der Waals surface area contributed by atoms with Crippen molar-refractivity contribution in [3.8, 4) is 0 Å². The Kier molecular flexibility index (Phi) is 2.74. The highest BCUT2D eigenvalue weighted by Crippen LogP contribution is 2.48. The number of fused-ring (bicyclic) bond motifs is 2. The maximum absolute atomic E-state index is 8.06. The summed E-state index contributed by atoms with van der Waals surface area (Å²) in [6.45, 7) is -13.1. The van der Waals surface area contributed by atoms with E-state index in [-0.39, 0.29) is 13.0 Å². The molecule has 0 bridgehead atoms. The maximum Gasteiger partial charge on any atom is 0.0567 e. The molecule has 1 heterocycles. The summed E-state index contributed by atoms with van der Waals surface area (Å²) in [6.07, 6.45) is 0.0934. The van der Waals surface area contributed by atoms with Crippen LogP contribution in [-0.4, -0.2) is 31.0 Å². The van der Waals surface area contributed by atoms with Crippen molar-refractivity contribution in [2.75, 3.05) is 31.0 Å². The van der Waals surface area contributed by atoms with Gasteiger partial charge in [-0.2, -0.15) is 0 Å². The van der Waals surface area contributed by atoms with Gasteiger partial charge in [-0.25, -0.2) is 0 Å². The van der Waals surface area contributed by atoms with Gasteiger partial charge in [-0.05, 0) is 56.3 Å². The van der Waals surface area contributed by atoms with Crippen LogP contribution in [0.2, 0.25) is 5.02 Å². The number of anilines is 2. The number of rotatable bonds is 6. The van der Waals surface area contributed by atoms with Gasteiger partial charge in [0.15, 0.2) is 0 Å². The zero-order chi connectivity index (χ0) is 24.8. The fourth-order valence-electron chi connectivity index (χ4n) is 2.57. The van der Waals surface area contributed by atoms with E-state index in [9.17, 15) is 0 Å². The molecular weight excluding hydrogens is 324 g/mol. The number of hydrogen-bond acceptors (Lipinski definition) is 3. The first-order valence-electron chi connectivity index (χ1n) is 12.2. The monoisotopic (exact) mass is 356 g/mol. The van der Waals surface area contributed by atoms with Crippen molar-refractivity contribution in [3.05, 3.63) is 47.5 Å². The lowest BCUT2D eigenvalue weighted by Gasteiger charge is -2.33. The second kappa shape index (κ2) is 7.61. The van der Waals surface area contributed by atoms with E-state index in [0.717, 1.165) is 21.2 Å². The molecule has 0 saturated heterocycles. The predicted molar refractivity (Wildman–Crippen MR) is 101 cm³/mol. The summed E-state index contributed by atoms with van der Waals surface area (Å²) in [5.41, 5.74) is 1.69. The maximum atomic E-state index is 8.06. The molecule has 2 aromatic rings. The Morgan fingerprint density at radius 2 is 1.91 bits per heavy atom. The summed E-state index contributed by atoms with van der Waals surface area (Å²) >= 11 is 7.78. The van der Waals surface area contributed by atoms with E-state index in [1.165, 1.54) is 0 Å². The van der Waals surface area contributed by atoms with Crippen LogP contribution in [0.1, 0.15) is 33.8 Å². The van der Waals surface area contributed by atoms with E-state index in [0.29, 0.717) is 9.92 Å². The molecule has 0 atom stereocenters. The normalized spacial score (nSPS) is 21.9. The molecule has 0 spiro atoms. The molecule has 0 saturated carbocycles. The molecule has 2 nitrogen and oxygen atoms in total. The first-order valence-corrected chi connectivity index (χ1v) is 8.38. The van der Waals surface area contributed by atoms with Gasteiger partial charge in [-0.3, -0.25) is 0 Å². The lowest BCUT2D eigenvalue weighted by molar-refractivity contribution is 0.301. The second-order valence-corrected chi connectivity index (χ2v) is 6.58. The summed E-state index contributed by atoms with van der Waals surface area (Å²) in [7, 11) is 0. The van der Waals surface area contributed by atoms with Gasteiger partial charge in [-0.15, -0.1) is 0 Å². The first kappa shape index (κ1) is 8.28. The van der Waals surface area contributed by atoms with Gasteiger partial charge in [0.2, 0.25) is 0 Å². The van der Waals surface area contributed by atoms with Crippen LogP contribution in [0.5, 0.6) is 0 Å². The predicted octanol–water partition coefficient (Wildman–Crippen LogP) is 5.67. The molecule has 1 aliphatic rings. The summed E-state index contributed by atoms with van der Waals surface area (Å²) in [5.74, 6) is 0. The highest BCUT2D eigenvalue weighted by molar-refractivity contribution is 7.99. The van der Waals surface area contributed by atoms with Gasteiger partial charge >= 0.3 is 0 Å². The van der Waals surface area contributed by atoms with Gasteiger partial charge in [-0.1, -0.05) is 49.2 Å². The minimum absolute atomic E-state index is 0.0934. The van der Waals surface area contributed by atoms with Crippen LogP contribution in [-0.2, 0) is 0 Å². The van der Waals surface area contributed by atoms with Crippen LogP contribution in [0.4, 0.5) is 11.4 Å². The van der Waals surface area contributed by atoms with Crippen LogP contribution in [0.15, 0.2) is 52.3 Å². The van der Waals surface area contributed by atoms with E-state index in [1.54, 1.807) is 23.9 Å². The molecule has 0 amide bonds. The van der Waals surface area contributed by atoms with Gasteiger partial charge in [0.1, 0.15) is 0 Å². The number of halogens is 1. The minimum Gasteiger partial charge on any atom is -0.340 e. The smallest absolute Gasteiger partial charge is 0.0567 e. The summed E-state index contributed by atoms with van der Waals surface area (Å²) < 4.78 is 77.5. The number of hydrogen-bond donors (Lipinski definition) is 0. The van der Waals surface area contributed by atoms with Crippen LogP contribution in [0.3, 0.4) is 0 Å². The Bertz CT molecular complexity index is 983. The molecule has 0 N–H and O–H groups in total. The molecule has 0 radical (unpaired) electrons. The lowest BCUT2D eigenvalue weighted by atomic mass is 10.2. The fraction of sp³-hybridized carbons (Fsp3) is 0.368. The number of para-hydroxylation sites is 1. The molecule has 0 aliphatic carbocycles. The lowest BCUT2D eigenvalue weighted by Crippen LogP contribution is -2.28. The van der Waals surface area contributed by atoms with Crippen molar-refractivity contribution in [1.82, 2.24) is 4.90 Å². The Morgan fingerprint density at radius 1 is 1.13 bits per heavy atom. The second-order valence-electron chi connectivity index (χ2n) is 5.06. The quantitative estimate of drug-likeness (QED) is 0.657. The molecule has 0 unspecified atom stereocenters. The van der Waals surface area contributed by atoms with E-state index < -0.39 is 33.2 Å². The number of benzene rings is 2. The van der Waals surface area contributed by atoms with Crippen molar-refractivity contribution in [1.29, 1.82) is 0 Å².